The number of hydrogen-bond donors (Lipinski definition) is 1. The summed E-state index contributed by atoms with van der Waals surface area (Å²) in [6, 6.07) is 12.5. The van der Waals surface area contributed by atoms with Crippen molar-refractivity contribution in [2.75, 3.05) is 12.3 Å². The molecule has 0 spiro atoms. The summed E-state index contributed by atoms with van der Waals surface area (Å²) < 4.78 is 54.5. The predicted octanol–water partition coefficient (Wildman–Crippen LogP) is 4.40. The molecule has 0 aliphatic carbocycles. The van der Waals surface area contributed by atoms with Crippen LogP contribution in [0.1, 0.15) is 27.3 Å². The normalized spacial score (nSPS) is 11.5. The molecule has 1 amide bonds. The van der Waals surface area contributed by atoms with E-state index in [1.165, 1.54) is 12.1 Å². The van der Waals surface area contributed by atoms with Crippen LogP contribution < -0.4 is 5.32 Å². The number of thioether (sulfide) groups is 1. The fraction of sp³-hybridized carbons (Fsp3) is 0.250. The Labute approximate surface area is 174 Å². The van der Waals surface area contributed by atoms with Crippen LogP contribution in [0.5, 0.6) is 0 Å². The molecule has 0 radical (unpaired) electrons. The van der Waals surface area contributed by atoms with Gasteiger partial charge < -0.3 is 5.32 Å². The Kier molecular flexibility index (Phi) is 6.76. The molecule has 0 saturated heterocycles. The molecule has 10 heteroatoms. The smallest absolute Gasteiger partial charge is 0.350 e. The number of aromatic nitrogens is 3. The second kappa shape index (κ2) is 9.29. The molecule has 2 aromatic carbocycles. The van der Waals surface area contributed by atoms with E-state index >= 15 is 0 Å². The molecule has 3 rings (SSSR count). The summed E-state index contributed by atoms with van der Waals surface area (Å²) in [5.74, 6) is -0.479. The van der Waals surface area contributed by atoms with Gasteiger partial charge in [-0.3, -0.25) is 4.79 Å². The highest BCUT2D eigenvalue weighted by Gasteiger charge is 2.42. The molecule has 0 unspecified atom stereocenters. The zero-order chi connectivity index (χ0) is 21.7. The van der Waals surface area contributed by atoms with Crippen molar-refractivity contribution in [2.24, 2.45) is 0 Å². The maximum absolute atomic E-state index is 13.6. The van der Waals surface area contributed by atoms with Gasteiger partial charge in [-0.1, -0.05) is 41.1 Å². The van der Waals surface area contributed by atoms with Gasteiger partial charge in [-0.15, -0.1) is 5.10 Å². The van der Waals surface area contributed by atoms with Crippen LogP contribution in [0.25, 0.3) is 5.69 Å². The number of hydrogen-bond acceptors (Lipinski definition) is 4. The molecule has 1 heterocycles. The van der Waals surface area contributed by atoms with Crippen molar-refractivity contribution in [1.29, 1.82) is 0 Å². The molecule has 0 aliphatic rings. The fourth-order valence-corrected chi connectivity index (χ4v) is 3.49. The zero-order valence-electron chi connectivity index (χ0n) is 15.9. The Morgan fingerprint density at radius 2 is 1.90 bits per heavy atom. The van der Waals surface area contributed by atoms with E-state index in [2.05, 4.69) is 15.6 Å². The highest BCUT2D eigenvalue weighted by atomic mass is 32.2. The number of nitrogens with one attached hydrogen (secondary N) is 1. The Morgan fingerprint density at radius 3 is 2.57 bits per heavy atom. The van der Waals surface area contributed by atoms with Crippen LogP contribution in [0.2, 0.25) is 0 Å². The molecular weight excluding hydrogens is 420 g/mol. The van der Waals surface area contributed by atoms with Gasteiger partial charge in [-0.25, -0.2) is 9.07 Å². The average molecular weight is 438 g/mol. The molecule has 0 saturated carbocycles. The lowest BCUT2D eigenvalue weighted by Crippen LogP contribution is -2.29. The van der Waals surface area contributed by atoms with E-state index < -0.39 is 29.3 Å². The average Bonchev–Trinajstić information content (AvgIpc) is 3.15. The van der Waals surface area contributed by atoms with Crippen LogP contribution in [-0.4, -0.2) is 33.2 Å². The molecule has 5 nitrogen and oxygen atoms in total. The lowest BCUT2D eigenvalue weighted by Gasteiger charge is -2.11. The van der Waals surface area contributed by atoms with Gasteiger partial charge in [0.1, 0.15) is 5.82 Å². The molecular formula is C20H18F4N4OS. The van der Waals surface area contributed by atoms with Crippen molar-refractivity contribution >= 4 is 17.7 Å². The quantitative estimate of drug-likeness (QED) is 0.439. The van der Waals surface area contributed by atoms with Crippen LogP contribution in [0.15, 0.2) is 48.5 Å². The second-order valence-electron chi connectivity index (χ2n) is 6.47. The Bertz CT molecular complexity index is 1020. The van der Waals surface area contributed by atoms with Gasteiger partial charge in [0, 0.05) is 18.1 Å². The van der Waals surface area contributed by atoms with Gasteiger partial charge >= 0.3 is 6.18 Å². The molecule has 3 aromatic rings. The van der Waals surface area contributed by atoms with Gasteiger partial charge in [-0.05, 0) is 30.7 Å². The van der Waals surface area contributed by atoms with Gasteiger partial charge in [0.15, 0.2) is 11.4 Å². The lowest BCUT2D eigenvalue weighted by atomic mass is 10.2. The van der Waals surface area contributed by atoms with Crippen molar-refractivity contribution in [1.82, 2.24) is 20.3 Å². The highest BCUT2D eigenvalue weighted by Crippen LogP contribution is 2.32. The van der Waals surface area contributed by atoms with Gasteiger partial charge in [-0.2, -0.15) is 24.9 Å². The second-order valence-corrected chi connectivity index (χ2v) is 7.58. The summed E-state index contributed by atoms with van der Waals surface area (Å²) in [6.45, 7) is 2.16. The largest absolute Gasteiger partial charge is 0.435 e. The minimum absolute atomic E-state index is 0.166. The van der Waals surface area contributed by atoms with E-state index in [-0.39, 0.29) is 12.2 Å². The first kappa shape index (κ1) is 21.8. The summed E-state index contributed by atoms with van der Waals surface area (Å²) >= 11 is 1.54. The van der Waals surface area contributed by atoms with E-state index in [9.17, 15) is 22.4 Å². The molecule has 158 valence electrons. The number of rotatable bonds is 7. The molecule has 1 aromatic heterocycles. The van der Waals surface area contributed by atoms with Crippen molar-refractivity contribution in [3.8, 4) is 5.69 Å². The Hall–Kier alpha value is -2.88. The van der Waals surface area contributed by atoms with E-state index in [0.717, 1.165) is 29.0 Å². The minimum Gasteiger partial charge on any atom is -0.350 e. The summed E-state index contributed by atoms with van der Waals surface area (Å²) in [5, 5.41) is 9.25. The number of carbonyl (C=O) groups is 1. The molecule has 30 heavy (non-hydrogen) atoms. The van der Waals surface area contributed by atoms with E-state index in [4.69, 9.17) is 0 Å². The number of alkyl halides is 3. The van der Waals surface area contributed by atoms with Crippen molar-refractivity contribution in [3.63, 3.8) is 0 Å². The standard InChI is InChI=1S/C20H18F4N4OS/c1-13-5-7-14(8-6-13)12-30-10-9-25-19(29)17-18(20(22,23)24)28(27-26-17)16-4-2-3-15(21)11-16/h2-8,11H,9-10,12H2,1H3,(H,25,29). The maximum Gasteiger partial charge on any atom is 0.435 e. The topological polar surface area (TPSA) is 59.8 Å². The summed E-state index contributed by atoms with van der Waals surface area (Å²) in [4.78, 5) is 12.3. The van der Waals surface area contributed by atoms with Gasteiger partial charge in [0.05, 0.1) is 5.69 Å². The first-order valence-electron chi connectivity index (χ1n) is 8.96. The Morgan fingerprint density at radius 1 is 1.17 bits per heavy atom. The number of aryl methyl sites for hydroxylation is 1. The van der Waals surface area contributed by atoms with Crippen molar-refractivity contribution in [2.45, 2.75) is 18.9 Å². The summed E-state index contributed by atoms with van der Waals surface area (Å²) in [5.41, 5.74) is -0.104. The fourth-order valence-electron chi connectivity index (χ4n) is 2.67. The third-order valence-electron chi connectivity index (χ3n) is 4.13. The zero-order valence-corrected chi connectivity index (χ0v) is 16.7. The van der Waals surface area contributed by atoms with E-state index in [1.54, 1.807) is 11.8 Å². The number of carbonyl (C=O) groups excluding carboxylic acids is 1. The Balaban J connectivity index is 1.64. The number of nitrogens with zero attached hydrogens (tertiary/aromatic N) is 3. The molecule has 0 fully saturated rings. The van der Waals surface area contributed by atoms with Gasteiger partial charge in [0.2, 0.25) is 0 Å². The number of amides is 1. The van der Waals surface area contributed by atoms with Crippen LogP contribution in [-0.2, 0) is 11.9 Å². The summed E-state index contributed by atoms with van der Waals surface area (Å²) in [6.07, 6.45) is -4.90. The molecule has 0 atom stereocenters. The molecule has 0 aliphatic heterocycles. The molecule has 0 bridgehead atoms. The van der Waals surface area contributed by atoms with Gasteiger partial charge in [0.25, 0.3) is 5.91 Å². The van der Waals surface area contributed by atoms with Crippen LogP contribution in [0.3, 0.4) is 0 Å². The third kappa shape index (κ3) is 5.38. The maximum atomic E-state index is 13.6. The highest BCUT2D eigenvalue weighted by molar-refractivity contribution is 7.98. The van der Waals surface area contributed by atoms with Crippen molar-refractivity contribution in [3.05, 3.63) is 76.9 Å². The third-order valence-corrected chi connectivity index (χ3v) is 5.16. The minimum atomic E-state index is -4.90. The number of benzene rings is 2. The van der Waals surface area contributed by atoms with Crippen LogP contribution >= 0.6 is 11.8 Å². The summed E-state index contributed by atoms with van der Waals surface area (Å²) in [7, 11) is 0. The van der Waals surface area contributed by atoms with Crippen LogP contribution in [0.4, 0.5) is 17.6 Å². The first-order chi connectivity index (χ1) is 14.3. The number of halogens is 4. The van der Waals surface area contributed by atoms with E-state index in [1.807, 2.05) is 31.2 Å². The molecule has 1 N–H and O–H groups in total. The van der Waals surface area contributed by atoms with Crippen LogP contribution in [0, 0.1) is 12.7 Å². The van der Waals surface area contributed by atoms with E-state index in [0.29, 0.717) is 10.4 Å². The predicted molar refractivity (Wildman–Crippen MR) is 106 cm³/mol. The monoisotopic (exact) mass is 438 g/mol. The first-order valence-corrected chi connectivity index (χ1v) is 10.1. The SMILES string of the molecule is Cc1ccc(CSCCNC(=O)c2nnn(-c3cccc(F)c3)c2C(F)(F)F)cc1. The van der Waals surface area contributed by atoms with Crippen molar-refractivity contribution < 1.29 is 22.4 Å². The lowest BCUT2D eigenvalue weighted by molar-refractivity contribution is -0.143.